The van der Waals surface area contributed by atoms with Crippen LogP contribution in [0.5, 0.6) is 0 Å². The number of Topliss-reactive ketones (excluding diaryl/α,β-unsaturated/α-hetero) is 1. The van der Waals surface area contributed by atoms with Gasteiger partial charge in [0.15, 0.2) is 5.78 Å². The van der Waals surface area contributed by atoms with Gasteiger partial charge < -0.3 is 0 Å². The molecule has 2 nitrogen and oxygen atoms in total. The van der Waals surface area contributed by atoms with Crippen LogP contribution in [0.1, 0.15) is 81.3 Å². The molecule has 0 radical (unpaired) electrons. The summed E-state index contributed by atoms with van der Waals surface area (Å²) in [4.78, 5) is 15.9. The van der Waals surface area contributed by atoms with Crippen molar-refractivity contribution in [2.45, 2.75) is 77.7 Å². The Hall–Kier alpha value is -1.15. The second kappa shape index (κ2) is 6.78. The summed E-state index contributed by atoms with van der Waals surface area (Å²) in [6.07, 6.45) is 7.52. The van der Waals surface area contributed by atoms with E-state index in [-0.39, 0.29) is 11.5 Å². The molecule has 0 spiro atoms. The number of fused-ring (bicyclic) bond motifs is 4. The maximum absolute atomic E-state index is 13.4. The van der Waals surface area contributed by atoms with Crippen molar-refractivity contribution in [3.05, 3.63) is 34.9 Å². The highest BCUT2D eigenvalue weighted by molar-refractivity contribution is 6.03. The molecule has 2 heteroatoms. The molecule has 1 saturated carbocycles. The van der Waals surface area contributed by atoms with E-state index in [9.17, 15) is 4.79 Å². The van der Waals surface area contributed by atoms with E-state index in [0.717, 1.165) is 36.9 Å². The first-order valence-corrected chi connectivity index (χ1v) is 10.9. The van der Waals surface area contributed by atoms with Crippen LogP contribution in [0.4, 0.5) is 0 Å². The Morgan fingerprint density at radius 3 is 2.62 bits per heavy atom. The topological polar surface area (TPSA) is 20.3 Å². The summed E-state index contributed by atoms with van der Waals surface area (Å²) in [6, 6.07) is 6.89. The van der Waals surface area contributed by atoms with E-state index in [2.05, 4.69) is 50.8 Å². The van der Waals surface area contributed by atoms with Gasteiger partial charge in [-0.3, -0.25) is 9.69 Å². The van der Waals surface area contributed by atoms with Crippen molar-refractivity contribution in [1.29, 1.82) is 0 Å². The highest BCUT2D eigenvalue weighted by Gasteiger charge is 2.52. The van der Waals surface area contributed by atoms with Crippen LogP contribution in [-0.2, 0) is 11.8 Å². The molecule has 3 aliphatic rings. The Labute approximate surface area is 159 Å². The van der Waals surface area contributed by atoms with Crippen molar-refractivity contribution >= 4 is 5.78 Å². The zero-order valence-electron chi connectivity index (χ0n) is 17.1. The summed E-state index contributed by atoms with van der Waals surface area (Å²) in [7, 11) is 0. The van der Waals surface area contributed by atoms with Gasteiger partial charge in [0.1, 0.15) is 0 Å². The molecule has 0 amide bonds. The Kier molecular flexibility index (Phi) is 4.75. The van der Waals surface area contributed by atoms with Crippen molar-refractivity contribution in [2.75, 3.05) is 13.1 Å². The quantitative estimate of drug-likeness (QED) is 0.697. The van der Waals surface area contributed by atoms with Gasteiger partial charge in [0.25, 0.3) is 0 Å². The average molecular weight is 354 g/mol. The predicted octanol–water partition coefficient (Wildman–Crippen LogP) is 5.24. The summed E-state index contributed by atoms with van der Waals surface area (Å²) in [5, 5.41) is 0. The standard InChI is InChI=1S/C24H35NO/c1-5-17(6-2)13-19-9-10-20-21(14-19)24(4)11-12-25(15-18-7-8-18)22(16(24)3)23(20)26/h9-10,14,16-18,22H,5-8,11-13,15H2,1-4H3/t16-,22-,24+/m0/s1. The molecule has 142 valence electrons. The SMILES string of the molecule is CCC(CC)Cc1ccc2c(c1)[C@]1(C)CCN(CC3CC3)[C@H](C2=O)[C@@H]1C. The molecular weight excluding hydrogens is 318 g/mol. The Morgan fingerprint density at radius 1 is 1.23 bits per heavy atom. The van der Waals surface area contributed by atoms with Crippen LogP contribution in [0.3, 0.4) is 0 Å². The number of ketones is 1. The van der Waals surface area contributed by atoms with Crippen LogP contribution >= 0.6 is 0 Å². The Morgan fingerprint density at radius 2 is 1.96 bits per heavy atom. The lowest BCUT2D eigenvalue weighted by atomic mass is 9.58. The fraction of sp³-hybridized carbons (Fsp3) is 0.708. The molecule has 2 aliphatic carbocycles. The van der Waals surface area contributed by atoms with Crippen LogP contribution in [0.15, 0.2) is 18.2 Å². The smallest absolute Gasteiger partial charge is 0.180 e. The molecule has 1 aliphatic heterocycles. The van der Waals surface area contributed by atoms with Gasteiger partial charge in [-0.1, -0.05) is 58.7 Å². The summed E-state index contributed by atoms with van der Waals surface area (Å²) < 4.78 is 0. The summed E-state index contributed by atoms with van der Waals surface area (Å²) in [6.45, 7) is 11.6. The van der Waals surface area contributed by atoms with Gasteiger partial charge in [-0.15, -0.1) is 0 Å². The van der Waals surface area contributed by atoms with Crippen molar-refractivity contribution in [3.63, 3.8) is 0 Å². The van der Waals surface area contributed by atoms with E-state index >= 15 is 0 Å². The Balaban J connectivity index is 1.68. The fourth-order valence-corrected chi connectivity index (χ4v) is 5.49. The third kappa shape index (κ3) is 2.95. The molecule has 1 heterocycles. The fourth-order valence-electron chi connectivity index (χ4n) is 5.49. The molecule has 1 aromatic carbocycles. The van der Waals surface area contributed by atoms with Gasteiger partial charge in [0.2, 0.25) is 0 Å². The summed E-state index contributed by atoms with van der Waals surface area (Å²) in [5.74, 6) is 2.41. The highest BCUT2D eigenvalue weighted by Crippen LogP contribution is 2.49. The van der Waals surface area contributed by atoms with Crippen molar-refractivity contribution in [3.8, 4) is 0 Å². The van der Waals surface area contributed by atoms with Crippen LogP contribution in [-0.4, -0.2) is 29.8 Å². The molecule has 3 atom stereocenters. The number of nitrogens with zero attached hydrogens (tertiary/aromatic N) is 1. The van der Waals surface area contributed by atoms with Crippen molar-refractivity contribution in [2.24, 2.45) is 17.8 Å². The van der Waals surface area contributed by atoms with Crippen LogP contribution in [0, 0.1) is 17.8 Å². The van der Waals surface area contributed by atoms with Gasteiger partial charge in [-0.05, 0) is 66.5 Å². The second-order valence-electron chi connectivity index (χ2n) is 9.47. The zero-order valence-corrected chi connectivity index (χ0v) is 17.1. The largest absolute Gasteiger partial charge is 0.293 e. The average Bonchev–Trinajstić information content (AvgIpc) is 3.45. The number of carbonyl (C=O) groups excluding carboxylic acids is 1. The van der Waals surface area contributed by atoms with E-state index in [1.54, 1.807) is 0 Å². The lowest BCUT2D eigenvalue weighted by molar-refractivity contribution is 0.0266. The van der Waals surface area contributed by atoms with Gasteiger partial charge >= 0.3 is 0 Å². The van der Waals surface area contributed by atoms with E-state index in [1.807, 2.05) is 0 Å². The number of hydrogen-bond acceptors (Lipinski definition) is 2. The van der Waals surface area contributed by atoms with Gasteiger partial charge in [0.05, 0.1) is 6.04 Å². The number of benzene rings is 1. The monoisotopic (exact) mass is 353 g/mol. The van der Waals surface area contributed by atoms with Gasteiger partial charge in [-0.25, -0.2) is 0 Å². The minimum atomic E-state index is 0.103. The lowest BCUT2D eigenvalue weighted by Crippen LogP contribution is -2.61. The van der Waals surface area contributed by atoms with E-state index in [0.29, 0.717) is 11.7 Å². The van der Waals surface area contributed by atoms with Crippen molar-refractivity contribution < 1.29 is 4.79 Å². The molecule has 2 fully saturated rings. The summed E-state index contributed by atoms with van der Waals surface area (Å²) in [5.41, 5.74) is 3.94. The van der Waals surface area contributed by atoms with Gasteiger partial charge in [0, 0.05) is 12.1 Å². The maximum Gasteiger partial charge on any atom is 0.180 e. The molecule has 2 bridgehead atoms. The number of piperidine rings is 1. The molecule has 1 saturated heterocycles. The van der Waals surface area contributed by atoms with Gasteiger partial charge in [-0.2, -0.15) is 0 Å². The molecule has 26 heavy (non-hydrogen) atoms. The number of hydrogen-bond donors (Lipinski definition) is 0. The highest BCUT2D eigenvalue weighted by atomic mass is 16.1. The third-order valence-corrected chi connectivity index (χ3v) is 7.89. The van der Waals surface area contributed by atoms with Crippen LogP contribution in [0.2, 0.25) is 0 Å². The number of rotatable bonds is 6. The van der Waals surface area contributed by atoms with Crippen molar-refractivity contribution in [1.82, 2.24) is 4.90 Å². The minimum Gasteiger partial charge on any atom is -0.293 e. The first-order chi connectivity index (χ1) is 12.5. The molecule has 4 rings (SSSR count). The zero-order chi connectivity index (χ0) is 18.5. The number of carbonyl (C=O) groups is 1. The molecule has 0 aromatic heterocycles. The molecule has 1 aromatic rings. The minimum absolute atomic E-state index is 0.103. The predicted molar refractivity (Wildman–Crippen MR) is 108 cm³/mol. The first-order valence-electron chi connectivity index (χ1n) is 10.9. The third-order valence-electron chi connectivity index (χ3n) is 7.89. The summed E-state index contributed by atoms with van der Waals surface area (Å²) >= 11 is 0. The second-order valence-corrected chi connectivity index (χ2v) is 9.47. The lowest BCUT2D eigenvalue weighted by Gasteiger charge is -2.53. The van der Waals surface area contributed by atoms with E-state index < -0.39 is 0 Å². The first kappa shape index (κ1) is 18.2. The maximum atomic E-state index is 13.4. The van der Waals surface area contributed by atoms with Crippen LogP contribution in [0.25, 0.3) is 0 Å². The van der Waals surface area contributed by atoms with E-state index in [4.69, 9.17) is 0 Å². The molecule has 0 unspecified atom stereocenters. The molecular formula is C24H35NO. The van der Waals surface area contributed by atoms with E-state index in [1.165, 1.54) is 43.2 Å². The Bertz CT molecular complexity index is 687. The molecule has 0 N–H and O–H groups in total. The van der Waals surface area contributed by atoms with Crippen LogP contribution < -0.4 is 0 Å². The normalized spacial score (nSPS) is 31.3. The number of likely N-dealkylation sites (tertiary alicyclic amines) is 1.